The quantitative estimate of drug-likeness (QED) is 0.706. The molecule has 0 aliphatic carbocycles. The van der Waals surface area contributed by atoms with Crippen LogP contribution in [0, 0.1) is 0 Å². The third kappa shape index (κ3) is 1.33. The lowest BCUT2D eigenvalue weighted by molar-refractivity contribution is 0.0988. The van der Waals surface area contributed by atoms with Crippen molar-refractivity contribution in [2.45, 2.75) is 0 Å². The summed E-state index contributed by atoms with van der Waals surface area (Å²) in [6, 6.07) is 9.06. The smallest absolute Gasteiger partial charge is 0.288 e. The molecular formula is C8H7N5O. The molecule has 0 bridgehead atoms. The molecule has 70 valence electrons. The van der Waals surface area contributed by atoms with Crippen LogP contribution in [-0.4, -0.2) is 26.1 Å². The van der Waals surface area contributed by atoms with Crippen LogP contribution in [0.2, 0.25) is 0 Å². The zero-order valence-corrected chi connectivity index (χ0v) is 7.16. The summed E-state index contributed by atoms with van der Waals surface area (Å²) in [5, 5.41) is 10.6. The maximum absolute atomic E-state index is 10.9. The Morgan fingerprint density at radius 1 is 1.29 bits per heavy atom. The predicted molar refractivity (Wildman–Crippen MR) is 47.7 cm³/mol. The van der Waals surface area contributed by atoms with Crippen LogP contribution < -0.4 is 5.73 Å². The third-order valence-electron chi connectivity index (χ3n) is 1.69. The molecule has 0 fully saturated rings. The number of amides is 1. The highest BCUT2D eigenvalue weighted by Crippen LogP contribution is 2.05. The van der Waals surface area contributed by atoms with E-state index < -0.39 is 5.91 Å². The van der Waals surface area contributed by atoms with Crippen molar-refractivity contribution < 1.29 is 4.79 Å². The van der Waals surface area contributed by atoms with Gasteiger partial charge >= 0.3 is 0 Å². The van der Waals surface area contributed by atoms with Crippen LogP contribution in [0.15, 0.2) is 30.3 Å². The van der Waals surface area contributed by atoms with Crippen molar-refractivity contribution in [1.82, 2.24) is 20.2 Å². The SMILES string of the molecule is NC(=O)c1nnnn1-c1ccccc1. The molecule has 1 heterocycles. The first kappa shape index (κ1) is 8.36. The predicted octanol–water partition coefficient (Wildman–Crippen LogP) is -0.239. The second-order valence-electron chi connectivity index (χ2n) is 2.61. The van der Waals surface area contributed by atoms with Crippen molar-refractivity contribution in [2.75, 3.05) is 0 Å². The summed E-state index contributed by atoms with van der Waals surface area (Å²) in [4.78, 5) is 10.9. The summed E-state index contributed by atoms with van der Waals surface area (Å²) in [5.41, 5.74) is 5.79. The lowest BCUT2D eigenvalue weighted by Gasteiger charge is -1.99. The Morgan fingerprint density at radius 2 is 2.00 bits per heavy atom. The van der Waals surface area contributed by atoms with Gasteiger partial charge in [-0.1, -0.05) is 18.2 Å². The molecule has 0 aliphatic heterocycles. The fourth-order valence-corrected chi connectivity index (χ4v) is 1.08. The average molecular weight is 189 g/mol. The molecule has 0 atom stereocenters. The van der Waals surface area contributed by atoms with Gasteiger partial charge < -0.3 is 5.73 Å². The topological polar surface area (TPSA) is 86.7 Å². The van der Waals surface area contributed by atoms with E-state index in [0.717, 1.165) is 0 Å². The first-order chi connectivity index (χ1) is 6.79. The van der Waals surface area contributed by atoms with Crippen molar-refractivity contribution in [1.29, 1.82) is 0 Å². The zero-order valence-electron chi connectivity index (χ0n) is 7.16. The molecule has 1 aromatic heterocycles. The first-order valence-electron chi connectivity index (χ1n) is 3.92. The summed E-state index contributed by atoms with van der Waals surface area (Å²) in [7, 11) is 0. The van der Waals surface area contributed by atoms with Crippen LogP contribution in [0.4, 0.5) is 0 Å². The number of hydrogen-bond acceptors (Lipinski definition) is 4. The van der Waals surface area contributed by atoms with E-state index in [1.165, 1.54) is 4.68 Å². The minimum Gasteiger partial charge on any atom is -0.363 e. The Kier molecular flexibility index (Phi) is 1.94. The molecule has 0 radical (unpaired) electrons. The number of tetrazole rings is 1. The highest BCUT2D eigenvalue weighted by Gasteiger charge is 2.12. The number of benzene rings is 1. The van der Waals surface area contributed by atoms with Crippen molar-refractivity contribution in [3.05, 3.63) is 36.2 Å². The summed E-state index contributed by atoms with van der Waals surface area (Å²) >= 11 is 0. The monoisotopic (exact) mass is 189 g/mol. The highest BCUT2D eigenvalue weighted by molar-refractivity contribution is 5.89. The number of carbonyl (C=O) groups excluding carboxylic acids is 1. The van der Waals surface area contributed by atoms with E-state index in [4.69, 9.17) is 5.73 Å². The van der Waals surface area contributed by atoms with E-state index in [-0.39, 0.29) is 5.82 Å². The Labute approximate surface area is 79.3 Å². The van der Waals surface area contributed by atoms with Crippen molar-refractivity contribution in [3.8, 4) is 5.69 Å². The molecule has 1 amide bonds. The number of nitrogens with two attached hydrogens (primary N) is 1. The van der Waals surface area contributed by atoms with Crippen molar-refractivity contribution in [3.63, 3.8) is 0 Å². The van der Waals surface area contributed by atoms with Crippen LogP contribution in [0.1, 0.15) is 10.6 Å². The molecule has 2 N–H and O–H groups in total. The largest absolute Gasteiger partial charge is 0.363 e. The van der Waals surface area contributed by atoms with Crippen molar-refractivity contribution >= 4 is 5.91 Å². The van der Waals surface area contributed by atoms with Gasteiger partial charge in [0.1, 0.15) is 0 Å². The second-order valence-corrected chi connectivity index (χ2v) is 2.61. The molecule has 2 rings (SSSR count). The molecule has 0 spiro atoms. The van der Waals surface area contributed by atoms with E-state index >= 15 is 0 Å². The normalized spacial score (nSPS) is 10.0. The summed E-state index contributed by atoms with van der Waals surface area (Å²) in [6.45, 7) is 0. The number of aromatic nitrogens is 4. The number of rotatable bonds is 2. The molecule has 2 aromatic rings. The van der Waals surface area contributed by atoms with Gasteiger partial charge in [-0.3, -0.25) is 4.79 Å². The van der Waals surface area contributed by atoms with Crippen LogP contribution in [0.5, 0.6) is 0 Å². The molecule has 6 heteroatoms. The van der Waals surface area contributed by atoms with E-state index in [1.807, 2.05) is 18.2 Å². The Bertz CT molecular complexity index is 450. The van der Waals surface area contributed by atoms with Gasteiger partial charge in [0.25, 0.3) is 5.91 Å². The van der Waals surface area contributed by atoms with Gasteiger partial charge in [0.15, 0.2) is 0 Å². The van der Waals surface area contributed by atoms with E-state index in [9.17, 15) is 4.79 Å². The molecule has 0 aliphatic rings. The number of nitrogens with zero attached hydrogens (tertiary/aromatic N) is 4. The molecular weight excluding hydrogens is 182 g/mol. The van der Waals surface area contributed by atoms with E-state index in [0.29, 0.717) is 5.69 Å². The molecule has 0 saturated heterocycles. The zero-order chi connectivity index (χ0) is 9.97. The summed E-state index contributed by atoms with van der Waals surface area (Å²) in [6.07, 6.45) is 0. The number of para-hydroxylation sites is 1. The minimum atomic E-state index is -0.654. The van der Waals surface area contributed by atoms with Crippen LogP contribution >= 0.6 is 0 Å². The molecule has 0 unspecified atom stereocenters. The molecule has 14 heavy (non-hydrogen) atoms. The van der Waals surface area contributed by atoms with E-state index in [1.54, 1.807) is 12.1 Å². The van der Waals surface area contributed by atoms with Gasteiger partial charge in [0.05, 0.1) is 5.69 Å². The Morgan fingerprint density at radius 3 is 2.64 bits per heavy atom. The number of carbonyl (C=O) groups is 1. The number of primary amides is 1. The highest BCUT2D eigenvalue weighted by atomic mass is 16.1. The Hall–Kier alpha value is -2.24. The van der Waals surface area contributed by atoms with Gasteiger partial charge in [-0.25, -0.2) is 0 Å². The fourth-order valence-electron chi connectivity index (χ4n) is 1.08. The molecule has 1 aromatic carbocycles. The van der Waals surface area contributed by atoms with Gasteiger partial charge in [-0.05, 0) is 22.6 Å². The lowest BCUT2D eigenvalue weighted by atomic mass is 10.3. The first-order valence-corrected chi connectivity index (χ1v) is 3.92. The maximum atomic E-state index is 10.9. The lowest BCUT2D eigenvalue weighted by Crippen LogP contribution is -2.17. The average Bonchev–Trinajstić information content (AvgIpc) is 2.67. The summed E-state index contributed by atoms with van der Waals surface area (Å²) < 4.78 is 1.29. The number of hydrogen-bond donors (Lipinski definition) is 1. The van der Waals surface area contributed by atoms with Gasteiger partial charge in [0.2, 0.25) is 5.82 Å². The van der Waals surface area contributed by atoms with Crippen LogP contribution in [0.25, 0.3) is 5.69 Å². The second kappa shape index (κ2) is 3.25. The minimum absolute atomic E-state index is 0.0243. The van der Waals surface area contributed by atoms with E-state index in [2.05, 4.69) is 15.5 Å². The standard InChI is InChI=1S/C8H7N5O/c9-7(14)8-10-11-12-13(8)6-4-2-1-3-5-6/h1-5H,(H2,9,14). The third-order valence-corrected chi connectivity index (χ3v) is 1.69. The maximum Gasteiger partial charge on any atom is 0.288 e. The Balaban J connectivity index is 2.52. The fraction of sp³-hybridized carbons (Fsp3) is 0. The van der Waals surface area contributed by atoms with Gasteiger partial charge in [-0.2, -0.15) is 4.68 Å². The molecule has 0 saturated carbocycles. The molecule has 6 nitrogen and oxygen atoms in total. The van der Waals surface area contributed by atoms with Crippen LogP contribution in [-0.2, 0) is 0 Å². The van der Waals surface area contributed by atoms with Gasteiger partial charge in [-0.15, -0.1) is 5.10 Å². The summed E-state index contributed by atoms with van der Waals surface area (Å²) in [5.74, 6) is -0.630. The van der Waals surface area contributed by atoms with Crippen LogP contribution in [0.3, 0.4) is 0 Å². The van der Waals surface area contributed by atoms with Crippen molar-refractivity contribution in [2.24, 2.45) is 5.73 Å². The van der Waals surface area contributed by atoms with Gasteiger partial charge in [0, 0.05) is 0 Å².